The highest BCUT2D eigenvalue weighted by molar-refractivity contribution is 5.76. The number of benzene rings is 1. The Balaban J connectivity index is 2.37. The van der Waals surface area contributed by atoms with E-state index in [9.17, 15) is 4.79 Å². The molecule has 0 aliphatic rings. The van der Waals surface area contributed by atoms with Gasteiger partial charge in [-0.1, -0.05) is 18.2 Å². The molecule has 0 aliphatic carbocycles. The van der Waals surface area contributed by atoms with Crippen LogP contribution in [-0.4, -0.2) is 14.8 Å². The number of nitrogens with zero attached hydrogens (tertiary/aromatic N) is 2. The van der Waals surface area contributed by atoms with Crippen LogP contribution in [0.1, 0.15) is 5.69 Å². The number of pyridine rings is 1. The van der Waals surface area contributed by atoms with Crippen molar-refractivity contribution in [2.45, 2.75) is 6.92 Å². The predicted molar refractivity (Wildman–Crippen MR) is 66.4 cm³/mol. The van der Waals surface area contributed by atoms with Gasteiger partial charge in [0.1, 0.15) is 5.52 Å². The van der Waals surface area contributed by atoms with Crippen LogP contribution in [-0.2, 0) is 0 Å². The molecule has 4 nitrogen and oxygen atoms in total. The summed E-state index contributed by atoms with van der Waals surface area (Å²) in [7, 11) is 0. The lowest BCUT2D eigenvalue weighted by Crippen LogP contribution is -2.08. The Labute approximate surface area is 97.5 Å². The lowest BCUT2D eigenvalue weighted by molar-refractivity contribution is 0.908. The SMILES string of the molecule is Cc1cc(=O)c2c(cnn2-c2ccccc2)[nH]1. The molecule has 2 aromatic heterocycles. The number of H-pyrrole nitrogens is 1. The average Bonchev–Trinajstić information content (AvgIpc) is 2.74. The number of para-hydroxylation sites is 1. The molecule has 0 unspecified atom stereocenters. The molecule has 84 valence electrons. The fourth-order valence-corrected chi connectivity index (χ4v) is 1.96. The van der Waals surface area contributed by atoms with Gasteiger partial charge in [-0.2, -0.15) is 5.10 Å². The average molecular weight is 225 g/mol. The summed E-state index contributed by atoms with van der Waals surface area (Å²) in [6.45, 7) is 1.86. The van der Waals surface area contributed by atoms with Crippen LogP contribution in [0.5, 0.6) is 0 Å². The van der Waals surface area contributed by atoms with Crippen molar-refractivity contribution in [3.8, 4) is 5.69 Å². The van der Waals surface area contributed by atoms with E-state index in [1.807, 2.05) is 37.3 Å². The molecule has 2 heterocycles. The van der Waals surface area contributed by atoms with Crippen molar-refractivity contribution < 1.29 is 0 Å². The summed E-state index contributed by atoms with van der Waals surface area (Å²) in [5, 5.41) is 4.25. The zero-order chi connectivity index (χ0) is 11.8. The van der Waals surface area contributed by atoms with Crippen molar-refractivity contribution >= 4 is 11.0 Å². The molecule has 0 bridgehead atoms. The Hall–Kier alpha value is -2.36. The quantitative estimate of drug-likeness (QED) is 0.688. The van der Waals surface area contributed by atoms with Crippen molar-refractivity contribution in [3.05, 3.63) is 58.5 Å². The third-order valence-corrected chi connectivity index (χ3v) is 2.68. The molecule has 3 aromatic rings. The number of aromatic amines is 1. The zero-order valence-electron chi connectivity index (χ0n) is 9.34. The fraction of sp³-hybridized carbons (Fsp3) is 0.0769. The van der Waals surface area contributed by atoms with Gasteiger partial charge in [-0.3, -0.25) is 4.79 Å². The summed E-state index contributed by atoms with van der Waals surface area (Å²) < 4.78 is 1.66. The number of hydrogen-bond acceptors (Lipinski definition) is 2. The molecule has 0 saturated heterocycles. The van der Waals surface area contributed by atoms with Crippen LogP contribution < -0.4 is 5.43 Å². The molecule has 0 saturated carbocycles. The van der Waals surface area contributed by atoms with Crippen molar-refractivity contribution in [1.29, 1.82) is 0 Å². The zero-order valence-corrected chi connectivity index (χ0v) is 9.34. The summed E-state index contributed by atoms with van der Waals surface area (Å²) in [6, 6.07) is 11.2. The Kier molecular flexibility index (Phi) is 2.08. The molecule has 0 atom stereocenters. The summed E-state index contributed by atoms with van der Waals surface area (Å²) in [6.07, 6.45) is 1.68. The molecule has 1 aromatic carbocycles. The number of rotatable bonds is 1. The topological polar surface area (TPSA) is 50.7 Å². The van der Waals surface area contributed by atoms with Gasteiger partial charge >= 0.3 is 0 Å². The van der Waals surface area contributed by atoms with Crippen LogP contribution in [0, 0.1) is 6.92 Å². The van der Waals surface area contributed by atoms with Crippen LogP contribution >= 0.6 is 0 Å². The van der Waals surface area contributed by atoms with E-state index in [4.69, 9.17) is 0 Å². The third-order valence-electron chi connectivity index (χ3n) is 2.68. The van der Waals surface area contributed by atoms with Crippen LogP contribution in [0.2, 0.25) is 0 Å². The van der Waals surface area contributed by atoms with Crippen LogP contribution in [0.4, 0.5) is 0 Å². The van der Waals surface area contributed by atoms with E-state index in [1.54, 1.807) is 16.9 Å². The molecular weight excluding hydrogens is 214 g/mol. The molecule has 3 rings (SSSR count). The van der Waals surface area contributed by atoms with Crippen LogP contribution in [0.15, 0.2) is 47.4 Å². The monoisotopic (exact) mass is 225 g/mol. The molecule has 4 heteroatoms. The largest absolute Gasteiger partial charge is 0.356 e. The van der Waals surface area contributed by atoms with E-state index in [0.717, 1.165) is 16.9 Å². The van der Waals surface area contributed by atoms with Gasteiger partial charge in [0, 0.05) is 11.8 Å². The number of fused-ring (bicyclic) bond motifs is 1. The number of nitrogens with one attached hydrogen (secondary N) is 1. The van der Waals surface area contributed by atoms with E-state index in [-0.39, 0.29) is 5.43 Å². The first-order valence-corrected chi connectivity index (χ1v) is 5.39. The van der Waals surface area contributed by atoms with Gasteiger partial charge in [0.05, 0.1) is 17.4 Å². The van der Waals surface area contributed by atoms with Gasteiger partial charge in [-0.15, -0.1) is 0 Å². The van der Waals surface area contributed by atoms with Gasteiger partial charge in [0.2, 0.25) is 5.43 Å². The number of aryl methyl sites for hydroxylation is 1. The minimum absolute atomic E-state index is 0.0161. The van der Waals surface area contributed by atoms with E-state index in [1.165, 1.54) is 0 Å². The molecular formula is C13H11N3O. The standard InChI is InChI=1S/C13H11N3O/c1-9-7-12(17)13-11(15-9)8-14-16(13)10-5-3-2-4-6-10/h2-8H,1H3,(H,15,17). The van der Waals surface area contributed by atoms with Gasteiger partial charge < -0.3 is 4.98 Å². The van der Waals surface area contributed by atoms with Gasteiger partial charge in [-0.05, 0) is 19.1 Å². The summed E-state index contributed by atoms with van der Waals surface area (Å²) >= 11 is 0. The summed E-state index contributed by atoms with van der Waals surface area (Å²) in [5.41, 5.74) is 3.06. The van der Waals surface area contributed by atoms with Gasteiger partial charge in [0.15, 0.2) is 0 Å². The molecule has 0 amide bonds. The van der Waals surface area contributed by atoms with Gasteiger partial charge in [0.25, 0.3) is 0 Å². The van der Waals surface area contributed by atoms with Gasteiger partial charge in [-0.25, -0.2) is 4.68 Å². The Bertz CT molecular complexity index is 725. The Morgan fingerprint density at radius 3 is 2.76 bits per heavy atom. The normalized spacial score (nSPS) is 10.9. The van der Waals surface area contributed by atoms with Crippen LogP contribution in [0.25, 0.3) is 16.7 Å². The highest BCUT2D eigenvalue weighted by atomic mass is 16.1. The Morgan fingerprint density at radius 1 is 1.24 bits per heavy atom. The highest BCUT2D eigenvalue weighted by Crippen LogP contribution is 2.13. The van der Waals surface area contributed by atoms with E-state index < -0.39 is 0 Å². The molecule has 1 N–H and O–H groups in total. The van der Waals surface area contributed by atoms with E-state index in [0.29, 0.717) is 5.52 Å². The van der Waals surface area contributed by atoms with E-state index in [2.05, 4.69) is 10.1 Å². The maximum Gasteiger partial charge on any atom is 0.208 e. The first-order chi connectivity index (χ1) is 8.25. The molecule has 17 heavy (non-hydrogen) atoms. The lowest BCUT2D eigenvalue weighted by Gasteiger charge is -2.02. The minimum Gasteiger partial charge on any atom is -0.356 e. The van der Waals surface area contributed by atoms with Crippen molar-refractivity contribution in [1.82, 2.24) is 14.8 Å². The molecule has 0 fully saturated rings. The maximum absolute atomic E-state index is 12.0. The molecule has 0 aliphatic heterocycles. The first kappa shape index (κ1) is 9.84. The van der Waals surface area contributed by atoms with Crippen LogP contribution in [0.3, 0.4) is 0 Å². The minimum atomic E-state index is -0.0161. The smallest absolute Gasteiger partial charge is 0.208 e. The second-order valence-corrected chi connectivity index (χ2v) is 3.97. The third kappa shape index (κ3) is 1.54. The number of hydrogen-bond donors (Lipinski definition) is 1. The Morgan fingerprint density at radius 2 is 2.00 bits per heavy atom. The maximum atomic E-state index is 12.0. The van der Waals surface area contributed by atoms with E-state index >= 15 is 0 Å². The summed E-state index contributed by atoms with van der Waals surface area (Å²) in [5.74, 6) is 0. The highest BCUT2D eigenvalue weighted by Gasteiger charge is 2.08. The molecule has 0 radical (unpaired) electrons. The van der Waals surface area contributed by atoms with Crippen molar-refractivity contribution in [2.24, 2.45) is 0 Å². The fourth-order valence-electron chi connectivity index (χ4n) is 1.96. The van der Waals surface area contributed by atoms with Crippen molar-refractivity contribution in [3.63, 3.8) is 0 Å². The molecule has 0 spiro atoms. The first-order valence-electron chi connectivity index (χ1n) is 5.39. The predicted octanol–water partition coefficient (Wildman–Crippen LogP) is 2.02. The second-order valence-electron chi connectivity index (χ2n) is 3.97. The second kappa shape index (κ2) is 3.59. The van der Waals surface area contributed by atoms with Crippen molar-refractivity contribution in [2.75, 3.05) is 0 Å². The summed E-state index contributed by atoms with van der Waals surface area (Å²) in [4.78, 5) is 15.1. The number of aromatic nitrogens is 3. The lowest BCUT2D eigenvalue weighted by atomic mass is 10.3.